The molecule has 0 aliphatic carbocycles. The summed E-state index contributed by atoms with van der Waals surface area (Å²) >= 11 is 0. The van der Waals surface area contributed by atoms with Crippen LogP contribution in [-0.2, 0) is 25.5 Å². The molecule has 2 aromatic rings. The van der Waals surface area contributed by atoms with Crippen molar-refractivity contribution in [3.05, 3.63) is 54.1 Å². The molecular formula is C36H60N2O8Si3. The summed E-state index contributed by atoms with van der Waals surface area (Å²) in [6.45, 7) is 24.5. The van der Waals surface area contributed by atoms with E-state index in [9.17, 15) is 19.5 Å². The van der Waals surface area contributed by atoms with Gasteiger partial charge in [0.15, 0.2) is 6.10 Å². The van der Waals surface area contributed by atoms with Crippen LogP contribution < -0.4 is 14.6 Å². The average molecular weight is 733 g/mol. The topological polar surface area (TPSA) is 124 Å². The van der Waals surface area contributed by atoms with Crippen LogP contribution in [0, 0.1) is 0 Å². The fourth-order valence-electron chi connectivity index (χ4n) is 4.03. The highest BCUT2D eigenvalue weighted by Gasteiger charge is 2.39. The van der Waals surface area contributed by atoms with E-state index in [2.05, 4.69) is 78.6 Å². The van der Waals surface area contributed by atoms with Crippen molar-refractivity contribution in [2.24, 2.45) is 0 Å². The Morgan fingerprint density at radius 3 is 1.78 bits per heavy atom. The Morgan fingerprint density at radius 2 is 1.27 bits per heavy atom. The smallest absolute Gasteiger partial charge is 0.426 e. The van der Waals surface area contributed by atoms with Gasteiger partial charge in [-0.2, -0.15) is 0 Å². The van der Waals surface area contributed by atoms with E-state index in [1.807, 2.05) is 48.5 Å². The predicted molar refractivity (Wildman–Crippen MR) is 203 cm³/mol. The average Bonchev–Trinajstić information content (AvgIpc) is 2.97. The van der Waals surface area contributed by atoms with Crippen molar-refractivity contribution in [3.8, 4) is 17.2 Å². The van der Waals surface area contributed by atoms with Crippen LogP contribution in [0.25, 0.3) is 0 Å². The Labute approximate surface area is 297 Å². The molecule has 2 amide bonds. The van der Waals surface area contributed by atoms with Crippen molar-refractivity contribution in [3.63, 3.8) is 0 Å². The number of hydrogen-bond acceptors (Lipinski definition) is 8. The largest absolute Gasteiger partial charge is 0.543 e. The zero-order chi connectivity index (χ0) is 37.0. The van der Waals surface area contributed by atoms with E-state index in [1.54, 1.807) is 0 Å². The Bertz CT molecular complexity index is 1350. The number of carbonyl (C=O) groups excluding carboxylic acids is 3. The van der Waals surface area contributed by atoms with Crippen molar-refractivity contribution in [1.29, 1.82) is 0 Å². The molecule has 274 valence electrons. The number of nitrogens with zero attached hydrogens (tertiary/aromatic N) is 1. The number of rotatable bonds is 17. The van der Waals surface area contributed by atoms with Crippen LogP contribution in [0.2, 0.25) is 69.5 Å². The fraction of sp³-hybridized carbons (Fsp3) is 0.583. The number of benzene rings is 2. The van der Waals surface area contributed by atoms with E-state index in [1.165, 1.54) is 0 Å². The Hall–Kier alpha value is -3.14. The van der Waals surface area contributed by atoms with Gasteiger partial charge in [-0.1, -0.05) is 72.2 Å². The third-order valence-electron chi connectivity index (χ3n) is 8.40. The lowest BCUT2D eigenvalue weighted by Crippen LogP contribution is -2.48. The van der Waals surface area contributed by atoms with Crippen LogP contribution in [0.4, 0.5) is 4.79 Å². The lowest BCUT2D eigenvalue weighted by atomic mass is 10.1. The number of aliphatic hydroxyl groups excluding tert-OH is 1. The molecule has 0 radical (unpaired) electrons. The van der Waals surface area contributed by atoms with Gasteiger partial charge >= 0.3 is 12.1 Å². The Kier molecular flexibility index (Phi) is 15.6. The maximum Gasteiger partial charge on any atom is 0.426 e. The van der Waals surface area contributed by atoms with Gasteiger partial charge in [-0.25, -0.2) is 15.0 Å². The maximum absolute atomic E-state index is 13.3. The molecule has 0 heterocycles. The second kappa shape index (κ2) is 18.2. The highest BCUT2D eigenvalue weighted by molar-refractivity contribution is 6.76. The van der Waals surface area contributed by atoms with Gasteiger partial charge in [0, 0.05) is 35.5 Å². The zero-order valence-electron chi connectivity index (χ0n) is 31.6. The van der Waals surface area contributed by atoms with Gasteiger partial charge in [-0.3, -0.25) is 9.80 Å². The number of hydrazine groups is 1. The first-order chi connectivity index (χ1) is 22.5. The van der Waals surface area contributed by atoms with Crippen molar-refractivity contribution in [2.75, 3.05) is 19.8 Å². The lowest BCUT2D eigenvalue weighted by Gasteiger charge is -2.36. The number of nitrogens with one attached hydrogen (secondary N) is 1. The monoisotopic (exact) mass is 732 g/mol. The van der Waals surface area contributed by atoms with E-state index in [4.69, 9.17) is 18.6 Å². The van der Waals surface area contributed by atoms with Crippen LogP contribution in [0.3, 0.4) is 0 Å². The molecule has 0 aliphatic heterocycles. The summed E-state index contributed by atoms with van der Waals surface area (Å²) in [5, 5.41) is 11.6. The summed E-state index contributed by atoms with van der Waals surface area (Å²) in [6.07, 6.45) is -1.78. The molecular weight excluding hydrogens is 673 g/mol. The molecule has 2 rings (SSSR count). The minimum Gasteiger partial charge on any atom is -0.543 e. The predicted octanol–water partition coefficient (Wildman–Crippen LogP) is 8.24. The molecule has 0 saturated heterocycles. The number of carbonyl (C=O) groups is 3. The molecule has 0 bridgehead atoms. The normalized spacial score (nSPS) is 12.9. The summed E-state index contributed by atoms with van der Waals surface area (Å²) < 4.78 is 22.9. The van der Waals surface area contributed by atoms with Gasteiger partial charge in [-0.05, 0) is 78.6 Å². The van der Waals surface area contributed by atoms with Crippen LogP contribution >= 0.6 is 0 Å². The van der Waals surface area contributed by atoms with Crippen LogP contribution in [-0.4, -0.2) is 78.4 Å². The summed E-state index contributed by atoms with van der Waals surface area (Å²) in [6, 6.07) is 16.7. The van der Waals surface area contributed by atoms with Crippen LogP contribution in [0.1, 0.15) is 39.2 Å². The molecule has 2 aromatic carbocycles. The molecule has 0 spiro atoms. The van der Waals surface area contributed by atoms with Crippen molar-refractivity contribution in [1.82, 2.24) is 10.4 Å². The molecule has 49 heavy (non-hydrogen) atoms. The van der Waals surface area contributed by atoms with Crippen LogP contribution in [0.15, 0.2) is 48.5 Å². The number of amides is 2. The number of aliphatic hydroxyl groups is 1. The first kappa shape index (κ1) is 42.0. The minimum absolute atomic E-state index is 0.0846. The van der Waals surface area contributed by atoms with Crippen molar-refractivity contribution >= 4 is 42.4 Å². The number of aryl methyl sites for hydroxylation is 1. The molecule has 0 fully saturated rings. The van der Waals surface area contributed by atoms with Gasteiger partial charge in [0.25, 0.3) is 0 Å². The number of esters is 1. The second-order valence-corrected chi connectivity index (χ2v) is 32.4. The molecule has 13 heteroatoms. The molecule has 0 saturated carbocycles. The van der Waals surface area contributed by atoms with E-state index >= 15 is 0 Å². The first-order valence-electron chi connectivity index (χ1n) is 17.2. The third kappa shape index (κ3) is 16.4. The quantitative estimate of drug-likeness (QED) is 0.0948. The standard InChI is InChI=1S/C36H60N2O8Si3/c1-36(2,3)49(10,11)46-31-19-17-30(18-20-31)45-29-15-12-28(13-16-29)14-21-33(40)38(37-35(42)44-25-27-48(7,8)9)23-22-32(39)34(41)43-24-26-47(4,5)6/h12-13,15-20,32,39H,14,21-27H2,1-11H3,(H,37,42)/t32-/m0/s1. The zero-order valence-corrected chi connectivity index (χ0v) is 34.6. The molecule has 10 nitrogen and oxygen atoms in total. The number of ether oxygens (including phenoxy) is 3. The Balaban J connectivity index is 1.97. The lowest BCUT2D eigenvalue weighted by molar-refractivity contribution is -0.154. The molecule has 0 aliphatic rings. The van der Waals surface area contributed by atoms with Gasteiger partial charge < -0.3 is 23.7 Å². The van der Waals surface area contributed by atoms with E-state index in [-0.39, 0.29) is 43.5 Å². The van der Waals surface area contributed by atoms with Gasteiger partial charge in [-0.15, -0.1) is 0 Å². The minimum atomic E-state index is -1.93. The molecule has 0 aromatic heterocycles. The molecule has 0 unspecified atom stereocenters. The maximum atomic E-state index is 13.3. The van der Waals surface area contributed by atoms with Gasteiger partial charge in [0.2, 0.25) is 14.2 Å². The summed E-state index contributed by atoms with van der Waals surface area (Å²) in [5.41, 5.74) is 3.42. The summed E-state index contributed by atoms with van der Waals surface area (Å²) in [7, 11) is -4.76. The van der Waals surface area contributed by atoms with E-state index in [0.29, 0.717) is 17.9 Å². The fourth-order valence-corrected chi connectivity index (χ4v) is 6.49. The number of hydrogen-bond donors (Lipinski definition) is 2. The first-order valence-corrected chi connectivity index (χ1v) is 27.5. The van der Waals surface area contributed by atoms with Crippen LogP contribution in [0.5, 0.6) is 17.2 Å². The third-order valence-corrected chi connectivity index (χ3v) is 16.2. The van der Waals surface area contributed by atoms with Gasteiger partial charge in [0.05, 0.1) is 13.2 Å². The summed E-state index contributed by atoms with van der Waals surface area (Å²) in [5.74, 6) is 1.06. The van der Waals surface area contributed by atoms with Crippen molar-refractivity contribution in [2.45, 2.75) is 116 Å². The van der Waals surface area contributed by atoms with Crippen molar-refractivity contribution < 1.29 is 38.1 Å². The van der Waals surface area contributed by atoms with E-state index in [0.717, 1.165) is 28.4 Å². The Morgan fingerprint density at radius 1 is 0.776 bits per heavy atom. The summed E-state index contributed by atoms with van der Waals surface area (Å²) in [4.78, 5) is 38.2. The molecule has 2 N–H and O–H groups in total. The highest BCUT2D eigenvalue weighted by atomic mass is 28.4. The van der Waals surface area contributed by atoms with Gasteiger partial charge in [0.1, 0.15) is 17.2 Å². The SMILES string of the molecule is CC(C)(C)[Si](C)(C)Oc1ccc(Oc2ccc(CCC(=O)N(CC[C@H](O)C(=O)OCC[Si](C)(C)C)NC(=O)OCC[Si](C)(C)C)cc2)cc1. The molecule has 1 atom stereocenters. The second-order valence-electron chi connectivity index (χ2n) is 16.5. The highest BCUT2D eigenvalue weighted by Crippen LogP contribution is 2.37. The van der Waals surface area contributed by atoms with E-state index < -0.39 is 42.6 Å².